The Morgan fingerprint density at radius 1 is 0.971 bits per heavy atom. The molecule has 2 nitrogen and oxygen atoms in total. The van der Waals surface area contributed by atoms with E-state index < -0.39 is 0 Å². The molecular formula is C32H52O2. The highest BCUT2D eigenvalue weighted by atomic mass is 16.5. The van der Waals surface area contributed by atoms with Gasteiger partial charge in [-0.3, -0.25) is 4.79 Å². The van der Waals surface area contributed by atoms with E-state index in [2.05, 4.69) is 61.5 Å². The SMILES string of the molecule is CC(=O)O[C@H]1CC[C@]2(C)C3=C(CC[C@H]2C1(C)C)[C@@]1(C)CC[C@H]([C@@H](C)CCC=C(C)C)[C@]1(C)CC3. The van der Waals surface area contributed by atoms with Crippen LogP contribution >= 0.6 is 0 Å². The van der Waals surface area contributed by atoms with Crippen LogP contribution in [0.5, 0.6) is 0 Å². The molecule has 0 aliphatic heterocycles. The summed E-state index contributed by atoms with van der Waals surface area (Å²) in [7, 11) is 0. The van der Waals surface area contributed by atoms with Gasteiger partial charge >= 0.3 is 5.97 Å². The third-order valence-corrected chi connectivity index (χ3v) is 11.9. The topological polar surface area (TPSA) is 26.3 Å². The van der Waals surface area contributed by atoms with Gasteiger partial charge in [-0.1, -0.05) is 64.3 Å². The van der Waals surface area contributed by atoms with Crippen molar-refractivity contribution in [2.24, 2.45) is 39.4 Å². The summed E-state index contributed by atoms with van der Waals surface area (Å²) < 4.78 is 5.87. The van der Waals surface area contributed by atoms with Crippen molar-refractivity contribution in [1.82, 2.24) is 0 Å². The predicted molar refractivity (Wildman–Crippen MR) is 142 cm³/mol. The molecule has 0 aromatic heterocycles. The number of rotatable bonds is 5. The van der Waals surface area contributed by atoms with Crippen LogP contribution in [0.1, 0.15) is 127 Å². The average Bonchev–Trinajstić information content (AvgIpc) is 3.01. The Labute approximate surface area is 210 Å². The van der Waals surface area contributed by atoms with Crippen LogP contribution < -0.4 is 0 Å². The summed E-state index contributed by atoms with van der Waals surface area (Å²) in [5.74, 6) is 2.13. The van der Waals surface area contributed by atoms with Gasteiger partial charge in [-0.05, 0) is 112 Å². The number of hydrogen-bond acceptors (Lipinski definition) is 2. The molecule has 7 atom stereocenters. The minimum Gasteiger partial charge on any atom is -0.462 e. The van der Waals surface area contributed by atoms with Gasteiger partial charge in [0.25, 0.3) is 0 Å². The predicted octanol–water partition coefficient (Wildman–Crippen LogP) is 9.05. The lowest BCUT2D eigenvalue weighted by Crippen LogP contribution is -2.55. The largest absolute Gasteiger partial charge is 0.462 e. The van der Waals surface area contributed by atoms with E-state index in [1.54, 1.807) is 6.92 Å². The molecule has 0 aromatic rings. The average molecular weight is 469 g/mol. The zero-order chi connectivity index (χ0) is 25.1. The maximum Gasteiger partial charge on any atom is 0.302 e. The van der Waals surface area contributed by atoms with Crippen LogP contribution in [0, 0.1) is 39.4 Å². The summed E-state index contributed by atoms with van der Waals surface area (Å²) in [6, 6.07) is 0. The van der Waals surface area contributed by atoms with E-state index in [-0.39, 0.29) is 22.9 Å². The van der Waals surface area contributed by atoms with Crippen LogP contribution in [-0.2, 0) is 9.53 Å². The van der Waals surface area contributed by atoms with Gasteiger partial charge in [0.1, 0.15) is 6.10 Å². The normalized spacial score (nSPS) is 41.7. The molecule has 0 heterocycles. The van der Waals surface area contributed by atoms with Crippen molar-refractivity contribution in [2.75, 3.05) is 0 Å². The van der Waals surface area contributed by atoms with Crippen LogP contribution in [0.15, 0.2) is 22.8 Å². The number of carbonyl (C=O) groups is 1. The summed E-state index contributed by atoms with van der Waals surface area (Å²) >= 11 is 0. The van der Waals surface area contributed by atoms with Crippen LogP contribution in [0.2, 0.25) is 0 Å². The van der Waals surface area contributed by atoms with Crippen molar-refractivity contribution in [3.05, 3.63) is 22.8 Å². The van der Waals surface area contributed by atoms with Crippen LogP contribution in [0.3, 0.4) is 0 Å². The fraction of sp³-hybridized carbons (Fsp3) is 0.844. The highest BCUT2D eigenvalue weighted by Gasteiger charge is 2.63. The Morgan fingerprint density at radius 2 is 1.68 bits per heavy atom. The van der Waals surface area contributed by atoms with Gasteiger partial charge in [-0.25, -0.2) is 0 Å². The second-order valence-corrected chi connectivity index (χ2v) is 14.2. The molecule has 2 fully saturated rings. The molecule has 0 spiro atoms. The molecule has 0 saturated heterocycles. The third-order valence-electron chi connectivity index (χ3n) is 11.9. The lowest BCUT2D eigenvalue weighted by atomic mass is 9.43. The maximum absolute atomic E-state index is 11.8. The van der Waals surface area contributed by atoms with Crippen LogP contribution in [0.25, 0.3) is 0 Å². The first kappa shape index (κ1) is 26.0. The number of allylic oxidation sites excluding steroid dienone is 4. The molecule has 4 rings (SSSR count). The molecule has 0 aromatic carbocycles. The molecule has 2 saturated carbocycles. The molecule has 0 radical (unpaired) electrons. The zero-order valence-corrected chi connectivity index (χ0v) is 23.8. The van der Waals surface area contributed by atoms with Crippen molar-refractivity contribution < 1.29 is 9.53 Å². The molecule has 0 N–H and O–H groups in total. The summed E-state index contributed by atoms with van der Waals surface area (Å²) in [5.41, 5.74) is 6.25. The molecule has 4 aliphatic rings. The van der Waals surface area contributed by atoms with E-state index in [4.69, 9.17) is 4.74 Å². The van der Waals surface area contributed by atoms with Crippen molar-refractivity contribution in [2.45, 2.75) is 133 Å². The van der Waals surface area contributed by atoms with E-state index in [1.807, 2.05) is 11.1 Å². The first-order chi connectivity index (χ1) is 15.8. The van der Waals surface area contributed by atoms with Crippen LogP contribution in [-0.4, -0.2) is 12.1 Å². The number of carbonyl (C=O) groups excluding carboxylic acids is 1. The van der Waals surface area contributed by atoms with Gasteiger partial charge in [0.05, 0.1) is 0 Å². The fourth-order valence-corrected chi connectivity index (χ4v) is 9.86. The Hall–Kier alpha value is -1.05. The second-order valence-electron chi connectivity index (χ2n) is 14.2. The van der Waals surface area contributed by atoms with Gasteiger partial charge in [0.2, 0.25) is 0 Å². The molecule has 0 bridgehead atoms. The minimum atomic E-state index is -0.117. The Bertz CT molecular complexity index is 873. The smallest absolute Gasteiger partial charge is 0.302 e. The van der Waals surface area contributed by atoms with Gasteiger partial charge in [-0.2, -0.15) is 0 Å². The lowest BCUT2D eigenvalue weighted by Gasteiger charge is -2.62. The monoisotopic (exact) mass is 468 g/mol. The van der Waals surface area contributed by atoms with Crippen molar-refractivity contribution in [3.8, 4) is 0 Å². The molecular weight excluding hydrogens is 416 g/mol. The Kier molecular flexibility index (Phi) is 6.74. The summed E-state index contributed by atoms with van der Waals surface area (Å²) in [4.78, 5) is 11.8. The zero-order valence-electron chi connectivity index (χ0n) is 23.8. The number of fused-ring (bicyclic) bond motifs is 4. The first-order valence-corrected chi connectivity index (χ1v) is 14.3. The first-order valence-electron chi connectivity index (χ1n) is 14.3. The molecule has 4 aliphatic carbocycles. The quantitative estimate of drug-likeness (QED) is 0.297. The number of ether oxygens (including phenoxy) is 1. The Balaban J connectivity index is 1.63. The molecule has 192 valence electrons. The van der Waals surface area contributed by atoms with Gasteiger partial charge in [0.15, 0.2) is 0 Å². The van der Waals surface area contributed by atoms with Gasteiger partial charge < -0.3 is 4.74 Å². The van der Waals surface area contributed by atoms with Crippen molar-refractivity contribution in [3.63, 3.8) is 0 Å². The van der Waals surface area contributed by atoms with Crippen molar-refractivity contribution >= 4 is 5.97 Å². The van der Waals surface area contributed by atoms with E-state index in [0.29, 0.717) is 16.7 Å². The second kappa shape index (κ2) is 8.81. The van der Waals surface area contributed by atoms with E-state index in [0.717, 1.165) is 18.3 Å². The molecule has 34 heavy (non-hydrogen) atoms. The third kappa shape index (κ3) is 3.85. The molecule has 0 amide bonds. The summed E-state index contributed by atoms with van der Waals surface area (Å²) in [5, 5.41) is 0. The Morgan fingerprint density at radius 3 is 2.32 bits per heavy atom. The number of esters is 1. The van der Waals surface area contributed by atoms with E-state index in [9.17, 15) is 4.79 Å². The highest BCUT2D eigenvalue weighted by Crippen LogP contribution is 2.72. The van der Waals surface area contributed by atoms with Crippen LogP contribution in [0.4, 0.5) is 0 Å². The minimum absolute atomic E-state index is 0.0382. The van der Waals surface area contributed by atoms with Gasteiger partial charge in [0, 0.05) is 12.3 Å². The van der Waals surface area contributed by atoms with Gasteiger partial charge in [-0.15, -0.1) is 0 Å². The molecule has 0 unspecified atom stereocenters. The van der Waals surface area contributed by atoms with E-state index >= 15 is 0 Å². The fourth-order valence-electron chi connectivity index (χ4n) is 9.86. The summed E-state index contributed by atoms with van der Waals surface area (Å²) in [6.45, 7) is 21.2. The van der Waals surface area contributed by atoms with E-state index in [1.165, 1.54) is 63.4 Å². The standard InChI is InChI=1S/C32H52O2/c1-21(2)11-10-12-22(3)24-15-19-32(9)26-13-14-27-29(5,6)28(34-23(4)33)17-18-30(27,7)25(26)16-20-31(24,32)8/h11,22,24,27-28H,10,12-20H2,1-9H3/t22-,24+,27-,28-,30+,31-,32+/m0/s1. The summed E-state index contributed by atoms with van der Waals surface area (Å²) in [6.07, 6.45) is 15.2. The molecule has 2 heteroatoms. The van der Waals surface area contributed by atoms with Crippen molar-refractivity contribution in [1.29, 1.82) is 0 Å². The number of hydrogen-bond donors (Lipinski definition) is 0. The highest BCUT2D eigenvalue weighted by molar-refractivity contribution is 5.66. The lowest BCUT2D eigenvalue weighted by molar-refractivity contribution is -0.167. The maximum atomic E-state index is 11.8.